The molecule has 0 saturated heterocycles. The Morgan fingerprint density at radius 2 is 1.85 bits per heavy atom. The molecule has 2 aromatic rings. The predicted molar refractivity (Wildman–Crippen MR) is 101 cm³/mol. The van der Waals surface area contributed by atoms with E-state index >= 15 is 0 Å². The van der Waals surface area contributed by atoms with Gasteiger partial charge in [-0.25, -0.2) is 13.6 Å². The molecule has 140 valence electrons. The molecule has 1 saturated carbocycles. The second kappa shape index (κ2) is 6.98. The van der Waals surface area contributed by atoms with Crippen LogP contribution in [0.15, 0.2) is 35.2 Å². The fourth-order valence-electron chi connectivity index (χ4n) is 3.44. The normalized spacial score (nSPS) is 14.8. The van der Waals surface area contributed by atoms with E-state index in [-0.39, 0.29) is 10.7 Å². The van der Waals surface area contributed by atoms with Gasteiger partial charge in [-0.3, -0.25) is 9.69 Å². The number of nitrogens with zero attached hydrogens (tertiary/aromatic N) is 2. The van der Waals surface area contributed by atoms with Crippen molar-refractivity contribution in [1.29, 1.82) is 0 Å². The minimum Gasteiger partial charge on any atom is -0.318 e. The monoisotopic (exact) mass is 375 g/mol. The van der Waals surface area contributed by atoms with Gasteiger partial charge in [-0.05, 0) is 63.6 Å². The molecule has 0 amide bonds. The summed E-state index contributed by atoms with van der Waals surface area (Å²) in [7, 11) is -3.72. The quantitative estimate of drug-likeness (QED) is 0.753. The Hall–Kier alpha value is -1.96. The molecular formula is C19H25N3O3S. The van der Waals surface area contributed by atoms with Crippen LogP contribution in [-0.2, 0) is 10.0 Å². The summed E-state index contributed by atoms with van der Waals surface area (Å²) in [4.78, 5) is 15.1. The van der Waals surface area contributed by atoms with Crippen molar-refractivity contribution in [3.05, 3.63) is 47.3 Å². The summed E-state index contributed by atoms with van der Waals surface area (Å²) >= 11 is 0. The molecule has 7 heteroatoms. The van der Waals surface area contributed by atoms with Gasteiger partial charge >= 0.3 is 0 Å². The van der Waals surface area contributed by atoms with Gasteiger partial charge in [0.05, 0.1) is 11.4 Å². The van der Waals surface area contributed by atoms with Crippen molar-refractivity contribution in [1.82, 2.24) is 9.47 Å². The molecule has 0 radical (unpaired) electrons. The zero-order valence-corrected chi connectivity index (χ0v) is 16.2. The van der Waals surface area contributed by atoms with Crippen LogP contribution < -0.4 is 5.14 Å². The SMILES string of the molecule is CCN(CC(=O)c1cc(C)n(-c2ccc(S(N)(=O)=O)cc2)c1C)C1CC1. The second-order valence-corrected chi connectivity index (χ2v) is 8.44. The summed E-state index contributed by atoms with van der Waals surface area (Å²) in [5.74, 6) is 0.124. The first kappa shape index (κ1) is 18.8. The van der Waals surface area contributed by atoms with Crippen molar-refractivity contribution in [3.8, 4) is 5.69 Å². The number of rotatable bonds is 7. The molecule has 0 unspecified atom stereocenters. The van der Waals surface area contributed by atoms with E-state index in [0.717, 1.165) is 29.2 Å². The van der Waals surface area contributed by atoms with Crippen LogP contribution in [0.2, 0.25) is 0 Å². The third-order valence-corrected chi connectivity index (χ3v) is 5.90. The highest BCUT2D eigenvalue weighted by Gasteiger charge is 2.30. The van der Waals surface area contributed by atoms with Gasteiger partial charge in [0.2, 0.25) is 10.0 Å². The van der Waals surface area contributed by atoms with E-state index in [0.29, 0.717) is 12.6 Å². The smallest absolute Gasteiger partial charge is 0.238 e. The third kappa shape index (κ3) is 3.75. The molecule has 0 spiro atoms. The number of hydrogen-bond donors (Lipinski definition) is 1. The Bertz CT molecular complexity index is 926. The van der Waals surface area contributed by atoms with Crippen LogP contribution >= 0.6 is 0 Å². The van der Waals surface area contributed by atoms with E-state index < -0.39 is 10.0 Å². The van der Waals surface area contributed by atoms with Crippen LogP contribution in [0.4, 0.5) is 0 Å². The van der Waals surface area contributed by atoms with Crippen LogP contribution in [-0.4, -0.2) is 42.8 Å². The first-order valence-corrected chi connectivity index (χ1v) is 10.4. The van der Waals surface area contributed by atoms with Gasteiger partial charge in [-0.2, -0.15) is 0 Å². The fourth-order valence-corrected chi connectivity index (χ4v) is 3.95. The Balaban J connectivity index is 1.89. The number of primary sulfonamides is 1. The molecule has 1 fully saturated rings. The van der Waals surface area contributed by atoms with E-state index in [4.69, 9.17) is 5.14 Å². The lowest BCUT2D eigenvalue weighted by atomic mass is 10.1. The number of carbonyl (C=O) groups excluding carboxylic acids is 1. The maximum absolute atomic E-state index is 12.8. The number of likely N-dealkylation sites (N-methyl/N-ethyl adjacent to an activating group) is 1. The molecule has 6 nitrogen and oxygen atoms in total. The first-order chi connectivity index (χ1) is 12.2. The van der Waals surface area contributed by atoms with Crippen molar-refractivity contribution in [2.75, 3.05) is 13.1 Å². The van der Waals surface area contributed by atoms with Gasteiger partial charge in [0.15, 0.2) is 5.78 Å². The standard InChI is InChI=1S/C19H25N3O3S/c1-4-21(15-5-6-15)12-19(23)18-11-13(2)22(14(18)3)16-7-9-17(10-8-16)26(20,24)25/h7-11,15H,4-6,12H2,1-3H3,(H2,20,24,25). The van der Waals surface area contributed by atoms with Gasteiger partial charge in [-0.1, -0.05) is 6.92 Å². The molecule has 3 rings (SSSR count). The first-order valence-electron chi connectivity index (χ1n) is 8.81. The van der Waals surface area contributed by atoms with Crippen LogP contribution in [0.5, 0.6) is 0 Å². The summed E-state index contributed by atoms with van der Waals surface area (Å²) in [6.45, 7) is 7.26. The van der Waals surface area contributed by atoms with Crippen molar-refractivity contribution in [2.24, 2.45) is 5.14 Å². The average Bonchev–Trinajstić information content (AvgIpc) is 3.37. The molecule has 1 aromatic carbocycles. The Labute approximate surface area is 154 Å². The van der Waals surface area contributed by atoms with Gasteiger partial charge < -0.3 is 4.57 Å². The highest BCUT2D eigenvalue weighted by Crippen LogP contribution is 2.27. The summed E-state index contributed by atoms with van der Waals surface area (Å²) in [5.41, 5.74) is 3.32. The van der Waals surface area contributed by atoms with E-state index in [2.05, 4.69) is 11.8 Å². The number of benzene rings is 1. The third-order valence-electron chi connectivity index (χ3n) is 4.97. The number of nitrogens with two attached hydrogens (primary N) is 1. The highest BCUT2D eigenvalue weighted by molar-refractivity contribution is 7.89. The number of carbonyl (C=O) groups is 1. The lowest BCUT2D eigenvalue weighted by Gasteiger charge is -2.18. The lowest BCUT2D eigenvalue weighted by Crippen LogP contribution is -2.31. The largest absolute Gasteiger partial charge is 0.318 e. The Morgan fingerprint density at radius 1 is 1.23 bits per heavy atom. The minimum absolute atomic E-state index is 0.0723. The predicted octanol–water partition coefficient (Wildman–Crippen LogP) is 2.41. The molecular weight excluding hydrogens is 350 g/mol. The zero-order valence-electron chi connectivity index (χ0n) is 15.4. The number of aromatic nitrogens is 1. The molecule has 1 aromatic heterocycles. The number of ketones is 1. The van der Waals surface area contributed by atoms with Crippen LogP contribution in [0.1, 0.15) is 41.5 Å². The second-order valence-electron chi connectivity index (χ2n) is 6.88. The van der Waals surface area contributed by atoms with Gasteiger partial charge in [0.25, 0.3) is 0 Å². The summed E-state index contributed by atoms with van der Waals surface area (Å²) in [6.07, 6.45) is 2.35. The summed E-state index contributed by atoms with van der Waals surface area (Å²) in [5, 5.41) is 5.15. The van der Waals surface area contributed by atoms with Crippen molar-refractivity contribution >= 4 is 15.8 Å². The summed E-state index contributed by atoms with van der Waals surface area (Å²) < 4.78 is 24.8. The van der Waals surface area contributed by atoms with E-state index in [1.807, 2.05) is 24.5 Å². The number of sulfonamides is 1. The van der Waals surface area contributed by atoms with E-state index in [9.17, 15) is 13.2 Å². The van der Waals surface area contributed by atoms with E-state index in [1.54, 1.807) is 12.1 Å². The van der Waals surface area contributed by atoms with Crippen LogP contribution in [0.3, 0.4) is 0 Å². The topological polar surface area (TPSA) is 85.4 Å². The molecule has 0 bridgehead atoms. The van der Waals surface area contributed by atoms with Gasteiger partial charge in [0, 0.05) is 28.7 Å². The lowest BCUT2D eigenvalue weighted by molar-refractivity contribution is 0.0928. The van der Waals surface area contributed by atoms with Crippen LogP contribution in [0.25, 0.3) is 5.69 Å². The molecule has 0 atom stereocenters. The molecule has 1 aliphatic rings. The molecule has 1 aliphatic carbocycles. The molecule has 26 heavy (non-hydrogen) atoms. The number of aryl methyl sites for hydroxylation is 1. The fraction of sp³-hybridized carbons (Fsp3) is 0.421. The molecule has 2 N–H and O–H groups in total. The van der Waals surface area contributed by atoms with Crippen LogP contribution in [0, 0.1) is 13.8 Å². The van der Waals surface area contributed by atoms with Crippen molar-refractivity contribution < 1.29 is 13.2 Å². The zero-order chi connectivity index (χ0) is 19.1. The maximum Gasteiger partial charge on any atom is 0.238 e. The number of hydrogen-bond acceptors (Lipinski definition) is 4. The van der Waals surface area contributed by atoms with Crippen molar-refractivity contribution in [3.63, 3.8) is 0 Å². The maximum atomic E-state index is 12.8. The molecule has 0 aliphatic heterocycles. The van der Waals surface area contributed by atoms with Gasteiger partial charge in [-0.15, -0.1) is 0 Å². The Kier molecular flexibility index (Phi) is 5.05. The van der Waals surface area contributed by atoms with Crippen molar-refractivity contribution in [2.45, 2.75) is 44.6 Å². The summed E-state index contributed by atoms with van der Waals surface area (Å²) in [6, 6.07) is 8.84. The number of Topliss-reactive ketones (excluding diaryl/α,β-unsaturated/α-hetero) is 1. The van der Waals surface area contributed by atoms with Gasteiger partial charge in [0.1, 0.15) is 0 Å². The minimum atomic E-state index is -3.72. The average molecular weight is 375 g/mol. The molecule has 1 heterocycles. The van der Waals surface area contributed by atoms with E-state index in [1.165, 1.54) is 25.0 Å². The Morgan fingerprint density at radius 3 is 2.35 bits per heavy atom. The highest BCUT2D eigenvalue weighted by atomic mass is 32.2.